The van der Waals surface area contributed by atoms with Gasteiger partial charge in [0.25, 0.3) is 10.0 Å². The van der Waals surface area contributed by atoms with Crippen molar-refractivity contribution in [2.45, 2.75) is 31.6 Å². The summed E-state index contributed by atoms with van der Waals surface area (Å²) in [5, 5.41) is 0. The molecule has 2 aromatic rings. The minimum absolute atomic E-state index is 0.223. The standard InChI is InChI=1S/C17H21NO3S/c1-4-13-7-6-8-14(5-2)17(13)18-22(19,20)16-11-9-15(21-3)10-12-16/h6-12,18H,4-5H2,1-3H3. The Morgan fingerprint density at radius 1 is 0.955 bits per heavy atom. The lowest BCUT2D eigenvalue weighted by Crippen LogP contribution is -2.15. The molecule has 0 aliphatic heterocycles. The van der Waals surface area contributed by atoms with Crippen LogP contribution in [0.25, 0.3) is 0 Å². The van der Waals surface area contributed by atoms with Gasteiger partial charge < -0.3 is 4.74 Å². The van der Waals surface area contributed by atoms with Crippen molar-refractivity contribution >= 4 is 15.7 Å². The number of nitrogens with one attached hydrogen (secondary N) is 1. The van der Waals surface area contributed by atoms with Crippen molar-refractivity contribution in [2.24, 2.45) is 0 Å². The van der Waals surface area contributed by atoms with E-state index < -0.39 is 10.0 Å². The summed E-state index contributed by atoms with van der Waals surface area (Å²) >= 11 is 0. The lowest BCUT2D eigenvalue weighted by atomic mass is 10.0. The molecule has 0 aliphatic carbocycles. The zero-order valence-corrected chi connectivity index (χ0v) is 13.9. The number of para-hydroxylation sites is 1. The van der Waals surface area contributed by atoms with E-state index >= 15 is 0 Å². The van der Waals surface area contributed by atoms with Crippen molar-refractivity contribution in [3.63, 3.8) is 0 Å². The molecule has 0 amide bonds. The normalized spacial score (nSPS) is 11.2. The Balaban J connectivity index is 2.40. The van der Waals surface area contributed by atoms with Crippen LogP contribution in [0.3, 0.4) is 0 Å². The highest BCUT2D eigenvalue weighted by molar-refractivity contribution is 7.92. The highest BCUT2D eigenvalue weighted by atomic mass is 32.2. The van der Waals surface area contributed by atoms with Gasteiger partial charge in [0.2, 0.25) is 0 Å². The first-order valence-electron chi connectivity index (χ1n) is 7.29. The first kappa shape index (κ1) is 16.4. The minimum atomic E-state index is -3.61. The van der Waals surface area contributed by atoms with Crippen molar-refractivity contribution in [1.82, 2.24) is 0 Å². The average Bonchev–Trinajstić information content (AvgIpc) is 2.54. The van der Waals surface area contributed by atoms with Gasteiger partial charge in [-0.05, 0) is 48.2 Å². The fraction of sp³-hybridized carbons (Fsp3) is 0.294. The molecule has 1 N–H and O–H groups in total. The number of ether oxygens (including phenoxy) is 1. The van der Waals surface area contributed by atoms with Gasteiger partial charge in [0, 0.05) is 0 Å². The van der Waals surface area contributed by atoms with Gasteiger partial charge in [-0.15, -0.1) is 0 Å². The second kappa shape index (κ2) is 6.83. The zero-order valence-electron chi connectivity index (χ0n) is 13.1. The average molecular weight is 319 g/mol. The van der Waals surface area contributed by atoms with Crippen LogP contribution in [0.5, 0.6) is 5.75 Å². The maximum absolute atomic E-state index is 12.6. The van der Waals surface area contributed by atoms with E-state index in [1.165, 1.54) is 0 Å². The van der Waals surface area contributed by atoms with E-state index in [1.807, 2.05) is 32.0 Å². The van der Waals surface area contributed by atoms with E-state index in [0.717, 1.165) is 24.0 Å². The van der Waals surface area contributed by atoms with Crippen molar-refractivity contribution < 1.29 is 13.2 Å². The maximum Gasteiger partial charge on any atom is 0.261 e. The SMILES string of the molecule is CCc1cccc(CC)c1NS(=O)(=O)c1ccc(OC)cc1. The number of hydrogen-bond acceptors (Lipinski definition) is 3. The second-order valence-corrected chi connectivity index (χ2v) is 6.62. The quantitative estimate of drug-likeness (QED) is 0.884. The number of hydrogen-bond donors (Lipinski definition) is 1. The Kier molecular flexibility index (Phi) is 5.08. The molecule has 0 aliphatic rings. The number of aryl methyl sites for hydroxylation is 2. The number of anilines is 1. The largest absolute Gasteiger partial charge is 0.497 e. The van der Waals surface area contributed by atoms with E-state index in [2.05, 4.69) is 4.72 Å². The molecule has 0 heterocycles. The number of sulfonamides is 1. The molecule has 0 saturated carbocycles. The summed E-state index contributed by atoms with van der Waals surface area (Å²) in [5.74, 6) is 0.627. The summed E-state index contributed by atoms with van der Waals surface area (Å²) in [6.07, 6.45) is 1.54. The molecule has 0 spiro atoms. The van der Waals surface area contributed by atoms with Crippen molar-refractivity contribution in [2.75, 3.05) is 11.8 Å². The Morgan fingerprint density at radius 2 is 1.50 bits per heavy atom. The van der Waals surface area contributed by atoms with Crippen LogP contribution in [0.15, 0.2) is 47.4 Å². The van der Waals surface area contributed by atoms with E-state index in [-0.39, 0.29) is 4.90 Å². The number of benzene rings is 2. The first-order chi connectivity index (χ1) is 10.5. The van der Waals surface area contributed by atoms with Crippen LogP contribution in [0.1, 0.15) is 25.0 Å². The third-order valence-corrected chi connectivity index (χ3v) is 4.97. The smallest absolute Gasteiger partial charge is 0.261 e. The van der Waals surface area contributed by atoms with Crippen LogP contribution in [0.4, 0.5) is 5.69 Å². The maximum atomic E-state index is 12.6. The van der Waals surface area contributed by atoms with Crippen molar-refractivity contribution in [3.05, 3.63) is 53.6 Å². The van der Waals surface area contributed by atoms with E-state index in [4.69, 9.17) is 4.74 Å². The van der Waals surface area contributed by atoms with Crippen LogP contribution in [-0.4, -0.2) is 15.5 Å². The van der Waals surface area contributed by atoms with E-state index in [0.29, 0.717) is 11.4 Å². The lowest BCUT2D eigenvalue weighted by molar-refractivity contribution is 0.414. The molecule has 0 aromatic heterocycles. The lowest BCUT2D eigenvalue weighted by Gasteiger charge is -2.15. The Bertz CT molecular complexity index is 715. The molecule has 0 fully saturated rings. The fourth-order valence-corrected chi connectivity index (χ4v) is 3.46. The van der Waals surface area contributed by atoms with Crippen molar-refractivity contribution in [3.8, 4) is 5.75 Å². The van der Waals surface area contributed by atoms with Gasteiger partial charge in [-0.2, -0.15) is 0 Å². The third-order valence-electron chi connectivity index (χ3n) is 3.61. The first-order valence-corrected chi connectivity index (χ1v) is 8.77. The van der Waals surface area contributed by atoms with Gasteiger partial charge in [0.1, 0.15) is 5.75 Å². The van der Waals surface area contributed by atoms with Crippen LogP contribution in [0, 0.1) is 0 Å². The molecule has 4 nitrogen and oxygen atoms in total. The minimum Gasteiger partial charge on any atom is -0.497 e. The summed E-state index contributed by atoms with van der Waals surface area (Å²) in [4.78, 5) is 0.223. The predicted octanol–water partition coefficient (Wildman–Crippen LogP) is 3.62. The molecule has 0 saturated heterocycles. The Labute approximate surface area is 132 Å². The summed E-state index contributed by atoms with van der Waals surface area (Å²) in [6.45, 7) is 4.03. The molecular formula is C17H21NO3S. The molecule has 118 valence electrons. The topological polar surface area (TPSA) is 55.4 Å². The second-order valence-electron chi connectivity index (χ2n) is 4.94. The Morgan fingerprint density at radius 3 is 1.95 bits per heavy atom. The molecule has 0 radical (unpaired) electrons. The predicted molar refractivity (Wildman–Crippen MR) is 89.0 cm³/mol. The Hall–Kier alpha value is -2.01. The molecule has 0 bridgehead atoms. The van der Waals surface area contributed by atoms with Gasteiger partial charge in [-0.1, -0.05) is 32.0 Å². The molecule has 22 heavy (non-hydrogen) atoms. The summed E-state index contributed by atoms with van der Waals surface area (Å²) in [7, 11) is -2.06. The number of rotatable bonds is 6. The van der Waals surface area contributed by atoms with Crippen molar-refractivity contribution in [1.29, 1.82) is 0 Å². The molecule has 2 aromatic carbocycles. The molecular weight excluding hydrogens is 298 g/mol. The van der Waals surface area contributed by atoms with Gasteiger partial charge >= 0.3 is 0 Å². The summed E-state index contributed by atoms with van der Waals surface area (Å²) < 4.78 is 33.0. The highest BCUT2D eigenvalue weighted by Crippen LogP contribution is 2.26. The highest BCUT2D eigenvalue weighted by Gasteiger charge is 2.17. The third kappa shape index (κ3) is 3.42. The van der Waals surface area contributed by atoms with Crippen LogP contribution >= 0.6 is 0 Å². The zero-order chi connectivity index (χ0) is 16.2. The fourth-order valence-electron chi connectivity index (χ4n) is 2.32. The molecule has 0 atom stereocenters. The van der Waals surface area contributed by atoms with E-state index in [1.54, 1.807) is 31.4 Å². The van der Waals surface area contributed by atoms with E-state index in [9.17, 15) is 8.42 Å². The molecule has 0 unspecified atom stereocenters. The van der Waals surface area contributed by atoms with Crippen LogP contribution < -0.4 is 9.46 Å². The summed E-state index contributed by atoms with van der Waals surface area (Å²) in [5.41, 5.74) is 2.69. The summed E-state index contributed by atoms with van der Waals surface area (Å²) in [6, 6.07) is 12.2. The van der Waals surface area contributed by atoms with Gasteiger partial charge in [0.05, 0.1) is 17.7 Å². The monoisotopic (exact) mass is 319 g/mol. The number of methoxy groups -OCH3 is 1. The van der Waals surface area contributed by atoms with Crippen LogP contribution in [-0.2, 0) is 22.9 Å². The van der Waals surface area contributed by atoms with Crippen LogP contribution in [0.2, 0.25) is 0 Å². The molecule has 5 heteroatoms. The van der Waals surface area contributed by atoms with Gasteiger partial charge in [-0.3, -0.25) is 4.72 Å². The molecule has 2 rings (SSSR count). The van der Waals surface area contributed by atoms with Gasteiger partial charge in [-0.25, -0.2) is 8.42 Å². The van der Waals surface area contributed by atoms with Gasteiger partial charge in [0.15, 0.2) is 0 Å².